The van der Waals surface area contributed by atoms with Gasteiger partial charge in [0, 0.05) is 6.04 Å². The van der Waals surface area contributed by atoms with Crippen LogP contribution in [0.2, 0.25) is 0 Å². The summed E-state index contributed by atoms with van der Waals surface area (Å²) in [5.41, 5.74) is 2.40. The lowest BCUT2D eigenvalue weighted by molar-refractivity contribution is -0.129. The monoisotopic (exact) mass is 277 g/mol. The van der Waals surface area contributed by atoms with Crippen LogP contribution >= 0.6 is 0 Å². The molecule has 1 rings (SSSR count). The molecular formula is C17H27NO2. The van der Waals surface area contributed by atoms with Gasteiger partial charge in [0.15, 0.2) is 6.10 Å². The van der Waals surface area contributed by atoms with Gasteiger partial charge in [-0.15, -0.1) is 0 Å². The first-order valence-corrected chi connectivity index (χ1v) is 7.39. The van der Waals surface area contributed by atoms with Gasteiger partial charge in [0.25, 0.3) is 5.91 Å². The van der Waals surface area contributed by atoms with E-state index in [1.807, 2.05) is 39.0 Å². The maximum absolute atomic E-state index is 12.2. The fourth-order valence-electron chi connectivity index (χ4n) is 1.76. The molecule has 0 aliphatic rings. The Labute approximate surface area is 122 Å². The van der Waals surface area contributed by atoms with Gasteiger partial charge < -0.3 is 10.1 Å². The van der Waals surface area contributed by atoms with Gasteiger partial charge in [0.1, 0.15) is 5.75 Å². The molecule has 0 saturated carbocycles. The van der Waals surface area contributed by atoms with Crippen molar-refractivity contribution in [1.82, 2.24) is 5.32 Å². The molecule has 1 N–H and O–H groups in total. The average Bonchev–Trinajstić information content (AvgIpc) is 2.39. The van der Waals surface area contributed by atoms with Crippen LogP contribution in [-0.4, -0.2) is 18.1 Å². The molecule has 2 atom stereocenters. The molecule has 3 heteroatoms. The molecule has 1 aromatic rings. The molecule has 112 valence electrons. The Morgan fingerprint density at radius 3 is 2.35 bits per heavy atom. The van der Waals surface area contributed by atoms with Crippen molar-refractivity contribution in [3.63, 3.8) is 0 Å². The highest BCUT2D eigenvalue weighted by atomic mass is 16.5. The SMILES string of the molecule is CC[C@H](Oc1ccc(C)c(C)c1)C(=O)N[C@@H](C)C(C)C. The molecule has 0 radical (unpaired) electrons. The number of ether oxygens (including phenoxy) is 1. The van der Waals surface area contributed by atoms with E-state index in [1.54, 1.807) is 0 Å². The molecule has 0 bridgehead atoms. The van der Waals surface area contributed by atoms with E-state index in [0.717, 1.165) is 5.75 Å². The lowest BCUT2D eigenvalue weighted by Gasteiger charge is -2.22. The number of aryl methyl sites for hydroxylation is 2. The highest BCUT2D eigenvalue weighted by molar-refractivity contribution is 5.81. The van der Waals surface area contributed by atoms with Crippen molar-refractivity contribution in [2.24, 2.45) is 5.92 Å². The normalized spacial score (nSPS) is 13.9. The molecule has 20 heavy (non-hydrogen) atoms. The van der Waals surface area contributed by atoms with Crippen molar-refractivity contribution < 1.29 is 9.53 Å². The topological polar surface area (TPSA) is 38.3 Å². The number of carbonyl (C=O) groups excluding carboxylic acids is 1. The fraction of sp³-hybridized carbons (Fsp3) is 0.588. The molecule has 0 aliphatic carbocycles. The highest BCUT2D eigenvalue weighted by Crippen LogP contribution is 2.18. The lowest BCUT2D eigenvalue weighted by Crippen LogP contribution is -2.44. The second-order valence-electron chi connectivity index (χ2n) is 5.80. The highest BCUT2D eigenvalue weighted by Gasteiger charge is 2.21. The number of amides is 1. The van der Waals surface area contributed by atoms with Gasteiger partial charge >= 0.3 is 0 Å². The van der Waals surface area contributed by atoms with Crippen LogP contribution in [0.3, 0.4) is 0 Å². The van der Waals surface area contributed by atoms with E-state index in [1.165, 1.54) is 11.1 Å². The predicted octanol–water partition coefficient (Wildman–Crippen LogP) is 3.62. The van der Waals surface area contributed by atoms with E-state index >= 15 is 0 Å². The van der Waals surface area contributed by atoms with Crippen LogP contribution in [-0.2, 0) is 4.79 Å². The van der Waals surface area contributed by atoms with Crippen LogP contribution in [0.15, 0.2) is 18.2 Å². The van der Waals surface area contributed by atoms with Crippen molar-refractivity contribution in [1.29, 1.82) is 0 Å². The standard InChI is InChI=1S/C17H27NO2/c1-7-16(17(19)18-14(6)11(2)3)20-15-9-8-12(4)13(5)10-15/h8-11,14,16H,7H2,1-6H3,(H,18,19)/t14-,16-/m0/s1. The van der Waals surface area contributed by atoms with Crippen molar-refractivity contribution in [2.45, 2.75) is 60.1 Å². The van der Waals surface area contributed by atoms with Crippen molar-refractivity contribution in [3.05, 3.63) is 29.3 Å². The predicted molar refractivity (Wildman–Crippen MR) is 83.1 cm³/mol. The van der Waals surface area contributed by atoms with Crippen molar-refractivity contribution in [2.75, 3.05) is 0 Å². The fourth-order valence-corrected chi connectivity index (χ4v) is 1.76. The summed E-state index contributed by atoms with van der Waals surface area (Å²) in [6.45, 7) is 12.3. The van der Waals surface area contributed by atoms with Gasteiger partial charge in [-0.05, 0) is 56.4 Å². The smallest absolute Gasteiger partial charge is 0.261 e. The first-order valence-electron chi connectivity index (χ1n) is 7.39. The van der Waals surface area contributed by atoms with E-state index in [9.17, 15) is 4.79 Å². The largest absolute Gasteiger partial charge is 0.481 e. The first-order chi connectivity index (χ1) is 9.35. The minimum Gasteiger partial charge on any atom is -0.481 e. The van der Waals surface area contributed by atoms with Gasteiger partial charge in [0.2, 0.25) is 0 Å². The van der Waals surface area contributed by atoms with Crippen LogP contribution < -0.4 is 10.1 Å². The van der Waals surface area contributed by atoms with E-state index in [-0.39, 0.29) is 11.9 Å². The third kappa shape index (κ3) is 4.55. The van der Waals surface area contributed by atoms with Gasteiger partial charge in [-0.2, -0.15) is 0 Å². The minimum absolute atomic E-state index is 0.0353. The molecule has 0 aliphatic heterocycles. The van der Waals surface area contributed by atoms with Gasteiger partial charge in [-0.1, -0.05) is 26.8 Å². The summed E-state index contributed by atoms with van der Waals surface area (Å²) >= 11 is 0. The quantitative estimate of drug-likeness (QED) is 0.862. The molecule has 0 heterocycles. The molecule has 0 fully saturated rings. The Morgan fingerprint density at radius 2 is 1.85 bits per heavy atom. The van der Waals surface area contributed by atoms with Gasteiger partial charge in [-0.3, -0.25) is 4.79 Å². The summed E-state index contributed by atoms with van der Waals surface area (Å²) in [6.07, 6.45) is 0.224. The van der Waals surface area contributed by atoms with E-state index in [4.69, 9.17) is 4.74 Å². The molecule has 1 aromatic carbocycles. The van der Waals surface area contributed by atoms with Crippen LogP contribution in [0, 0.1) is 19.8 Å². The zero-order chi connectivity index (χ0) is 15.3. The van der Waals surface area contributed by atoms with Gasteiger partial charge in [0.05, 0.1) is 0 Å². The van der Waals surface area contributed by atoms with Gasteiger partial charge in [-0.25, -0.2) is 0 Å². The Bertz CT molecular complexity index is 454. The third-order valence-corrected chi connectivity index (χ3v) is 3.79. The number of carbonyl (C=O) groups is 1. The molecule has 0 saturated heterocycles. The van der Waals surface area contributed by atoms with Crippen LogP contribution in [0.5, 0.6) is 5.75 Å². The molecule has 1 amide bonds. The Hall–Kier alpha value is -1.51. The number of benzene rings is 1. The van der Waals surface area contributed by atoms with Crippen molar-refractivity contribution in [3.8, 4) is 5.75 Å². The van der Waals surface area contributed by atoms with Crippen LogP contribution in [0.4, 0.5) is 0 Å². The molecule has 0 aromatic heterocycles. The number of rotatable bonds is 6. The zero-order valence-corrected chi connectivity index (χ0v) is 13.5. The summed E-state index contributed by atoms with van der Waals surface area (Å²) in [4.78, 5) is 12.2. The third-order valence-electron chi connectivity index (χ3n) is 3.79. The second kappa shape index (κ2) is 7.32. The Morgan fingerprint density at radius 1 is 1.20 bits per heavy atom. The molecule has 3 nitrogen and oxygen atoms in total. The summed E-state index contributed by atoms with van der Waals surface area (Å²) < 4.78 is 5.83. The Kier molecular flexibility index (Phi) is 6.05. The average molecular weight is 277 g/mol. The van der Waals surface area contributed by atoms with E-state index in [0.29, 0.717) is 12.3 Å². The zero-order valence-electron chi connectivity index (χ0n) is 13.5. The molecule has 0 unspecified atom stereocenters. The number of hydrogen-bond donors (Lipinski definition) is 1. The van der Waals surface area contributed by atoms with Crippen LogP contribution in [0.1, 0.15) is 45.2 Å². The first kappa shape index (κ1) is 16.5. The van der Waals surface area contributed by atoms with E-state index < -0.39 is 6.10 Å². The second-order valence-corrected chi connectivity index (χ2v) is 5.80. The number of nitrogens with one attached hydrogen (secondary N) is 1. The van der Waals surface area contributed by atoms with Crippen molar-refractivity contribution >= 4 is 5.91 Å². The van der Waals surface area contributed by atoms with E-state index in [2.05, 4.69) is 26.1 Å². The maximum Gasteiger partial charge on any atom is 0.261 e. The minimum atomic E-state index is -0.432. The maximum atomic E-state index is 12.2. The molecule has 0 spiro atoms. The summed E-state index contributed by atoms with van der Waals surface area (Å²) in [7, 11) is 0. The lowest BCUT2D eigenvalue weighted by atomic mass is 10.1. The molecular weight excluding hydrogens is 250 g/mol. The van der Waals surface area contributed by atoms with Crippen LogP contribution in [0.25, 0.3) is 0 Å². The summed E-state index contributed by atoms with van der Waals surface area (Å²) in [5, 5.41) is 3.01. The summed E-state index contributed by atoms with van der Waals surface area (Å²) in [6, 6.07) is 6.08. The number of hydrogen-bond acceptors (Lipinski definition) is 2. The summed E-state index contributed by atoms with van der Waals surface area (Å²) in [5.74, 6) is 1.14. The Balaban J connectivity index is 2.71.